The topological polar surface area (TPSA) is 86.8 Å². The predicted octanol–water partition coefficient (Wildman–Crippen LogP) is 5.57. The molecule has 41 heavy (non-hydrogen) atoms. The van der Waals surface area contributed by atoms with E-state index in [1.165, 1.54) is 9.21 Å². The highest BCUT2D eigenvalue weighted by Crippen LogP contribution is 2.28. The molecule has 0 saturated heterocycles. The molecule has 3 aromatic rings. The van der Waals surface area contributed by atoms with Gasteiger partial charge in [-0.3, -0.25) is 13.9 Å². The molecule has 0 bridgehead atoms. The van der Waals surface area contributed by atoms with E-state index in [0.717, 1.165) is 22.3 Å². The van der Waals surface area contributed by atoms with Crippen LogP contribution in [-0.2, 0) is 26.0 Å². The van der Waals surface area contributed by atoms with Crippen LogP contribution in [0.15, 0.2) is 77.7 Å². The van der Waals surface area contributed by atoms with Crippen molar-refractivity contribution in [2.24, 2.45) is 0 Å². The molecular formula is C33H43N3O4S. The first-order valence-corrected chi connectivity index (χ1v) is 15.5. The molecule has 7 nitrogen and oxygen atoms in total. The summed E-state index contributed by atoms with van der Waals surface area (Å²) in [4.78, 5) is 29.2. The minimum absolute atomic E-state index is 0.102. The molecule has 0 aromatic heterocycles. The van der Waals surface area contributed by atoms with Crippen LogP contribution in [0.1, 0.15) is 56.4 Å². The van der Waals surface area contributed by atoms with E-state index >= 15 is 0 Å². The van der Waals surface area contributed by atoms with Gasteiger partial charge in [0.25, 0.3) is 10.0 Å². The van der Waals surface area contributed by atoms with Gasteiger partial charge in [0.05, 0.1) is 10.6 Å². The third kappa shape index (κ3) is 8.43. The Bertz CT molecular complexity index is 1450. The average molecular weight is 578 g/mol. The number of benzene rings is 3. The molecule has 0 aliphatic carbocycles. The van der Waals surface area contributed by atoms with Crippen LogP contribution in [-0.4, -0.2) is 49.8 Å². The number of amides is 2. The summed E-state index contributed by atoms with van der Waals surface area (Å²) in [7, 11) is -4.10. The smallest absolute Gasteiger partial charge is 0.264 e. The number of sulfonamides is 1. The fourth-order valence-electron chi connectivity index (χ4n) is 4.69. The van der Waals surface area contributed by atoms with E-state index in [0.29, 0.717) is 18.5 Å². The van der Waals surface area contributed by atoms with Gasteiger partial charge in [0.15, 0.2) is 0 Å². The number of rotatable bonds is 11. The summed E-state index contributed by atoms with van der Waals surface area (Å²) in [5, 5.41) is 3.00. The van der Waals surface area contributed by atoms with Gasteiger partial charge in [-0.15, -0.1) is 0 Å². The van der Waals surface area contributed by atoms with Crippen LogP contribution in [0.5, 0.6) is 0 Å². The Kier molecular flexibility index (Phi) is 10.4. The number of carbonyl (C=O) groups is 2. The molecule has 1 N–H and O–H groups in total. The molecule has 1 atom stereocenters. The highest BCUT2D eigenvalue weighted by molar-refractivity contribution is 7.92. The predicted molar refractivity (Wildman–Crippen MR) is 165 cm³/mol. The van der Waals surface area contributed by atoms with Gasteiger partial charge in [-0.2, -0.15) is 0 Å². The molecule has 220 valence electrons. The minimum Gasteiger partial charge on any atom is -0.350 e. The zero-order valence-corrected chi connectivity index (χ0v) is 26.1. The second-order valence-electron chi connectivity index (χ2n) is 11.6. The van der Waals surface area contributed by atoms with Gasteiger partial charge in [0.2, 0.25) is 11.8 Å². The van der Waals surface area contributed by atoms with E-state index in [-0.39, 0.29) is 17.3 Å². The summed E-state index contributed by atoms with van der Waals surface area (Å²) < 4.78 is 29.4. The molecule has 3 aromatic carbocycles. The third-order valence-corrected chi connectivity index (χ3v) is 8.66. The molecule has 8 heteroatoms. The van der Waals surface area contributed by atoms with Crippen molar-refractivity contribution < 1.29 is 18.0 Å². The summed E-state index contributed by atoms with van der Waals surface area (Å²) in [6.07, 6.45) is 0.913. The lowest BCUT2D eigenvalue weighted by Gasteiger charge is -2.35. The monoisotopic (exact) mass is 577 g/mol. The summed E-state index contributed by atoms with van der Waals surface area (Å²) in [5.74, 6) is -0.700. The average Bonchev–Trinajstić information content (AvgIpc) is 2.90. The first kappa shape index (κ1) is 31.9. The lowest BCUT2D eigenvalue weighted by Crippen LogP contribution is -2.56. The molecule has 0 aliphatic heterocycles. The summed E-state index contributed by atoms with van der Waals surface area (Å²) >= 11 is 0. The van der Waals surface area contributed by atoms with Crippen LogP contribution in [0, 0.1) is 20.8 Å². The molecule has 0 saturated carbocycles. The van der Waals surface area contributed by atoms with Crippen molar-refractivity contribution in [3.05, 3.63) is 95.1 Å². The SMILES string of the molecule is CC[C@@H](C(=O)NC(C)(C)C)N(CCc1ccccc1)C(=O)CN(c1cc(C)ccc1C)S(=O)(=O)c1ccc(C)cc1. The van der Waals surface area contributed by atoms with Crippen LogP contribution in [0.25, 0.3) is 0 Å². The third-order valence-electron chi connectivity index (χ3n) is 6.89. The quantitative estimate of drug-likeness (QED) is 0.323. The van der Waals surface area contributed by atoms with Gasteiger partial charge < -0.3 is 10.2 Å². The number of hydrogen-bond donors (Lipinski definition) is 1. The van der Waals surface area contributed by atoms with Gasteiger partial charge in [0, 0.05) is 12.1 Å². The normalized spacial score (nSPS) is 12.5. The van der Waals surface area contributed by atoms with Gasteiger partial charge in [-0.1, -0.05) is 67.1 Å². The Morgan fingerprint density at radius 3 is 2.07 bits per heavy atom. The van der Waals surface area contributed by atoms with Crippen LogP contribution in [0.2, 0.25) is 0 Å². The van der Waals surface area contributed by atoms with E-state index in [1.807, 2.05) is 90.9 Å². The summed E-state index contributed by atoms with van der Waals surface area (Å²) in [5.41, 5.74) is 3.51. The van der Waals surface area contributed by atoms with Crippen LogP contribution >= 0.6 is 0 Å². The highest BCUT2D eigenvalue weighted by Gasteiger charge is 2.34. The number of aryl methyl sites for hydroxylation is 3. The van der Waals surface area contributed by atoms with E-state index in [1.54, 1.807) is 30.3 Å². The van der Waals surface area contributed by atoms with Crippen molar-refractivity contribution in [1.29, 1.82) is 0 Å². The van der Waals surface area contributed by atoms with E-state index in [9.17, 15) is 18.0 Å². The van der Waals surface area contributed by atoms with E-state index in [4.69, 9.17) is 0 Å². The standard InChI is InChI=1S/C33H43N3O4S/c1-8-29(32(38)34-33(5,6)7)35(21-20-27-12-10-9-11-13-27)31(37)23-36(30-22-25(3)14-17-26(30)4)41(39,40)28-18-15-24(2)16-19-28/h9-19,22,29H,8,20-21,23H2,1-7H3,(H,34,38)/t29-/m0/s1. The number of anilines is 1. The van der Waals surface area contributed by atoms with Crippen LogP contribution in [0.4, 0.5) is 5.69 Å². The van der Waals surface area contributed by atoms with E-state index < -0.39 is 34.1 Å². The number of carbonyl (C=O) groups excluding carboxylic acids is 2. The highest BCUT2D eigenvalue weighted by atomic mass is 32.2. The van der Waals surface area contributed by atoms with Crippen molar-refractivity contribution in [3.63, 3.8) is 0 Å². The Morgan fingerprint density at radius 2 is 1.49 bits per heavy atom. The van der Waals surface area contributed by atoms with Crippen molar-refractivity contribution in [2.45, 2.75) is 77.8 Å². The zero-order chi connectivity index (χ0) is 30.4. The van der Waals surface area contributed by atoms with Crippen molar-refractivity contribution in [2.75, 3.05) is 17.4 Å². The van der Waals surface area contributed by atoms with Gasteiger partial charge in [-0.25, -0.2) is 8.42 Å². The Labute approximate surface area is 245 Å². The fraction of sp³-hybridized carbons (Fsp3) is 0.394. The first-order valence-electron chi connectivity index (χ1n) is 14.0. The molecule has 0 fully saturated rings. The number of nitrogens with one attached hydrogen (secondary N) is 1. The van der Waals surface area contributed by atoms with Crippen LogP contribution < -0.4 is 9.62 Å². The lowest BCUT2D eigenvalue weighted by atomic mass is 10.1. The Balaban J connectivity index is 2.06. The Morgan fingerprint density at radius 1 is 0.878 bits per heavy atom. The lowest BCUT2D eigenvalue weighted by molar-refractivity contribution is -0.140. The number of nitrogens with zero attached hydrogens (tertiary/aromatic N) is 2. The molecule has 3 rings (SSSR count). The Hall–Kier alpha value is -3.65. The number of hydrogen-bond acceptors (Lipinski definition) is 4. The van der Waals surface area contributed by atoms with Crippen molar-refractivity contribution in [1.82, 2.24) is 10.2 Å². The molecule has 0 aliphatic rings. The summed E-state index contributed by atoms with van der Waals surface area (Å²) in [6.45, 7) is 13.0. The molecule has 0 unspecified atom stereocenters. The first-order chi connectivity index (χ1) is 19.2. The zero-order valence-electron chi connectivity index (χ0n) is 25.3. The fourth-order valence-corrected chi connectivity index (χ4v) is 6.16. The molecule has 0 radical (unpaired) electrons. The maximum Gasteiger partial charge on any atom is 0.264 e. The van der Waals surface area contributed by atoms with Crippen molar-refractivity contribution >= 4 is 27.5 Å². The van der Waals surface area contributed by atoms with Crippen molar-refractivity contribution in [3.8, 4) is 0 Å². The van der Waals surface area contributed by atoms with Gasteiger partial charge >= 0.3 is 0 Å². The molecule has 0 heterocycles. The maximum absolute atomic E-state index is 14.2. The second-order valence-corrected chi connectivity index (χ2v) is 13.5. The maximum atomic E-state index is 14.2. The second kappa shape index (κ2) is 13.3. The largest absolute Gasteiger partial charge is 0.350 e. The van der Waals surface area contributed by atoms with E-state index in [2.05, 4.69) is 5.32 Å². The minimum atomic E-state index is -4.10. The summed E-state index contributed by atoms with van der Waals surface area (Å²) in [6, 6.07) is 21.1. The molecule has 2 amide bonds. The van der Waals surface area contributed by atoms with Gasteiger partial charge in [-0.05, 0) is 89.3 Å². The van der Waals surface area contributed by atoms with Gasteiger partial charge in [0.1, 0.15) is 12.6 Å². The molecule has 0 spiro atoms. The van der Waals surface area contributed by atoms with Crippen LogP contribution in [0.3, 0.4) is 0 Å². The molecular weight excluding hydrogens is 534 g/mol.